The van der Waals surface area contributed by atoms with Gasteiger partial charge in [0.15, 0.2) is 0 Å². The molecule has 0 spiro atoms. The van der Waals surface area contributed by atoms with E-state index in [9.17, 15) is 21.6 Å². The SMILES string of the molecule is C[C@@H]1CNCCN1S(=O)(=O)c1ccc(OC(F)(F)F)cc1. The fourth-order valence-corrected chi connectivity index (χ4v) is 3.76. The topological polar surface area (TPSA) is 58.6 Å². The van der Waals surface area contributed by atoms with E-state index in [0.717, 1.165) is 24.3 Å². The van der Waals surface area contributed by atoms with Gasteiger partial charge in [-0.25, -0.2) is 8.42 Å². The Morgan fingerprint density at radius 1 is 1.29 bits per heavy atom. The molecule has 1 aromatic rings. The second-order valence-electron chi connectivity index (χ2n) is 4.69. The maximum absolute atomic E-state index is 12.4. The van der Waals surface area contributed by atoms with Gasteiger partial charge in [0.25, 0.3) is 0 Å². The van der Waals surface area contributed by atoms with E-state index in [4.69, 9.17) is 0 Å². The van der Waals surface area contributed by atoms with E-state index in [1.165, 1.54) is 4.31 Å². The average molecular weight is 324 g/mol. The lowest BCUT2D eigenvalue weighted by molar-refractivity contribution is -0.274. The number of alkyl halides is 3. The van der Waals surface area contributed by atoms with Crippen LogP contribution in [0.5, 0.6) is 5.75 Å². The second-order valence-corrected chi connectivity index (χ2v) is 6.58. The molecule has 0 bridgehead atoms. The number of rotatable bonds is 3. The summed E-state index contributed by atoms with van der Waals surface area (Å²) in [5.74, 6) is -0.449. The summed E-state index contributed by atoms with van der Waals surface area (Å²) in [5, 5.41) is 3.07. The van der Waals surface area contributed by atoms with Crippen LogP contribution in [0.4, 0.5) is 13.2 Å². The Kier molecular flexibility index (Phi) is 4.45. The van der Waals surface area contributed by atoms with Crippen LogP contribution in [0, 0.1) is 0 Å². The summed E-state index contributed by atoms with van der Waals surface area (Å²) in [4.78, 5) is -0.0502. The molecule has 0 unspecified atom stereocenters. The van der Waals surface area contributed by atoms with Crippen LogP contribution < -0.4 is 10.1 Å². The van der Waals surface area contributed by atoms with Gasteiger partial charge in [0.1, 0.15) is 5.75 Å². The third-order valence-corrected chi connectivity index (χ3v) is 5.13. The van der Waals surface area contributed by atoms with Crippen LogP contribution >= 0.6 is 0 Å². The van der Waals surface area contributed by atoms with Crippen molar-refractivity contribution in [2.45, 2.75) is 24.2 Å². The van der Waals surface area contributed by atoms with Gasteiger partial charge >= 0.3 is 6.36 Å². The van der Waals surface area contributed by atoms with Crippen LogP contribution in [0.15, 0.2) is 29.2 Å². The van der Waals surface area contributed by atoms with Gasteiger partial charge in [-0.3, -0.25) is 0 Å². The van der Waals surface area contributed by atoms with Gasteiger partial charge in [0.05, 0.1) is 4.90 Å². The standard InChI is InChI=1S/C12H15F3N2O3S/c1-9-8-16-6-7-17(9)21(18,19)11-4-2-10(3-5-11)20-12(13,14)15/h2-5,9,16H,6-8H2,1H3/t9-/m1/s1. The van der Waals surface area contributed by atoms with Crippen molar-refractivity contribution in [1.29, 1.82) is 0 Å². The van der Waals surface area contributed by atoms with Crippen LogP contribution in [0.25, 0.3) is 0 Å². The van der Waals surface area contributed by atoms with Gasteiger partial charge in [-0.1, -0.05) is 0 Å². The first-order chi connectivity index (χ1) is 9.70. The normalized spacial score (nSPS) is 21.2. The summed E-state index contributed by atoms with van der Waals surface area (Å²) in [6, 6.07) is 4.01. The highest BCUT2D eigenvalue weighted by atomic mass is 32.2. The summed E-state index contributed by atoms with van der Waals surface area (Å²) >= 11 is 0. The molecule has 9 heteroatoms. The molecular weight excluding hydrogens is 309 g/mol. The molecule has 21 heavy (non-hydrogen) atoms. The van der Waals surface area contributed by atoms with Crippen LogP contribution in [-0.4, -0.2) is 44.8 Å². The molecule has 118 valence electrons. The lowest BCUT2D eigenvalue weighted by Gasteiger charge is -2.32. The van der Waals surface area contributed by atoms with E-state index in [0.29, 0.717) is 19.6 Å². The molecule has 0 amide bonds. The van der Waals surface area contributed by atoms with Crippen LogP contribution in [0.2, 0.25) is 0 Å². The van der Waals surface area contributed by atoms with Crippen molar-refractivity contribution in [2.24, 2.45) is 0 Å². The maximum Gasteiger partial charge on any atom is 0.573 e. The van der Waals surface area contributed by atoms with Crippen LogP contribution in [-0.2, 0) is 10.0 Å². The minimum absolute atomic E-state index is 0.0502. The molecule has 1 saturated heterocycles. The van der Waals surface area contributed by atoms with E-state index >= 15 is 0 Å². The van der Waals surface area contributed by atoms with Gasteiger partial charge in [-0.2, -0.15) is 4.31 Å². The molecule has 2 rings (SSSR count). The zero-order valence-corrected chi connectivity index (χ0v) is 12.0. The zero-order chi connectivity index (χ0) is 15.7. The van der Waals surface area contributed by atoms with Crippen molar-refractivity contribution in [3.63, 3.8) is 0 Å². The molecule has 0 aliphatic carbocycles. The molecule has 1 aliphatic heterocycles. The average Bonchev–Trinajstić information content (AvgIpc) is 2.37. The minimum Gasteiger partial charge on any atom is -0.406 e. The molecule has 1 aromatic carbocycles. The summed E-state index contributed by atoms with van der Waals surface area (Å²) in [6.07, 6.45) is -4.80. The van der Waals surface area contributed by atoms with E-state index in [1.807, 2.05) is 0 Å². The number of ether oxygens (including phenoxy) is 1. The second kappa shape index (κ2) is 5.82. The fourth-order valence-electron chi connectivity index (χ4n) is 2.13. The molecule has 1 atom stereocenters. The molecule has 1 N–H and O–H groups in total. The summed E-state index contributed by atoms with van der Waals surface area (Å²) in [5.41, 5.74) is 0. The molecule has 5 nitrogen and oxygen atoms in total. The van der Waals surface area contributed by atoms with E-state index < -0.39 is 22.1 Å². The largest absolute Gasteiger partial charge is 0.573 e. The Morgan fingerprint density at radius 3 is 2.43 bits per heavy atom. The van der Waals surface area contributed by atoms with Gasteiger partial charge in [0.2, 0.25) is 10.0 Å². The van der Waals surface area contributed by atoms with Crippen molar-refractivity contribution < 1.29 is 26.3 Å². The number of benzene rings is 1. The molecule has 0 radical (unpaired) electrons. The fraction of sp³-hybridized carbons (Fsp3) is 0.500. The molecular formula is C12H15F3N2O3S. The Balaban J connectivity index is 2.21. The van der Waals surface area contributed by atoms with Crippen LogP contribution in [0.1, 0.15) is 6.92 Å². The third kappa shape index (κ3) is 3.86. The molecule has 0 aromatic heterocycles. The summed E-state index contributed by atoms with van der Waals surface area (Å²) in [6.45, 7) is 3.17. The van der Waals surface area contributed by atoms with Gasteiger partial charge in [-0.15, -0.1) is 13.2 Å². The quantitative estimate of drug-likeness (QED) is 0.917. The predicted octanol–water partition coefficient (Wildman–Crippen LogP) is 1.57. The van der Waals surface area contributed by atoms with Crippen molar-refractivity contribution in [3.8, 4) is 5.75 Å². The third-order valence-electron chi connectivity index (χ3n) is 3.10. The van der Waals surface area contributed by atoms with E-state index in [-0.39, 0.29) is 10.9 Å². The smallest absolute Gasteiger partial charge is 0.406 e. The monoisotopic (exact) mass is 324 g/mol. The lowest BCUT2D eigenvalue weighted by Crippen LogP contribution is -2.52. The Bertz CT molecular complexity index is 587. The molecule has 1 fully saturated rings. The zero-order valence-electron chi connectivity index (χ0n) is 11.2. The summed E-state index contributed by atoms with van der Waals surface area (Å²) in [7, 11) is -3.72. The number of piperazine rings is 1. The first kappa shape index (κ1) is 16.1. The first-order valence-corrected chi connectivity index (χ1v) is 7.72. The van der Waals surface area contributed by atoms with Gasteiger partial charge < -0.3 is 10.1 Å². The maximum atomic E-state index is 12.4. The van der Waals surface area contributed by atoms with Gasteiger partial charge in [-0.05, 0) is 31.2 Å². The Morgan fingerprint density at radius 2 is 1.90 bits per heavy atom. The highest BCUT2D eigenvalue weighted by Crippen LogP contribution is 2.25. The van der Waals surface area contributed by atoms with Crippen molar-refractivity contribution in [1.82, 2.24) is 9.62 Å². The Labute approximate surface area is 120 Å². The number of halogens is 3. The number of nitrogens with one attached hydrogen (secondary N) is 1. The molecule has 1 heterocycles. The van der Waals surface area contributed by atoms with Crippen molar-refractivity contribution in [2.75, 3.05) is 19.6 Å². The van der Waals surface area contributed by atoms with Crippen molar-refractivity contribution >= 4 is 10.0 Å². The molecule has 0 saturated carbocycles. The number of hydrogen-bond acceptors (Lipinski definition) is 4. The summed E-state index contributed by atoms with van der Waals surface area (Å²) < 4.78 is 66.1. The lowest BCUT2D eigenvalue weighted by atomic mass is 10.3. The highest BCUT2D eigenvalue weighted by Gasteiger charge is 2.33. The van der Waals surface area contributed by atoms with Crippen molar-refractivity contribution in [3.05, 3.63) is 24.3 Å². The number of nitrogens with zero attached hydrogens (tertiary/aromatic N) is 1. The Hall–Kier alpha value is -1.32. The number of sulfonamides is 1. The van der Waals surface area contributed by atoms with Gasteiger partial charge in [0, 0.05) is 25.7 Å². The number of hydrogen-bond donors (Lipinski definition) is 1. The predicted molar refractivity (Wildman–Crippen MR) is 69.3 cm³/mol. The highest BCUT2D eigenvalue weighted by molar-refractivity contribution is 7.89. The minimum atomic E-state index is -4.80. The van der Waals surface area contributed by atoms with E-state index in [1.54, 1.807) is 6.92 Å². The molecule has 1 aliphatic rings. The van der Waals surface area contributed by atoms with E-state index in [2.05, 4.69) is 10.1 Å². The van der Waals surface area contributed by atoms with Crippen LogP contribution in [0.3, 0.4) is 0 Å². The first-order valence-electron chi connectivity index (χ1n) is 6.28.